The minimum Gasteiger partial charge on any atom is -0.358 e. The summed E-state index contributed by atoms with van der Waals surface area (Å²) in [5, 5.41) is 15.7. The number of nitrogens with zero attached hydrogens (tertiary/aromatic N) is 3. The zero-order valence-electron chi connectivity index (χ0n) is 15.2. The zero-order valence-corrected chi connectivity index (χ0v) is 15.2. The maximum atomic E-state index is 12.4. The molecule has 1 aliphatic heterocycles. The molecule has 0 atom stereocenters. The highest BCUT2D eigenvalue weighted by atomic mass is 16.2. The van der Waals surface area contributed by atoms with Gasteiger partial charge in [0, 0.05) is 23.1 Å². The predicted octanol–water partition coefficient (Wildman–Crippen LogP) is 2.23. The molecule has 0 bridgehead atoms. The summed E-state index contributed by atoms with van der Waals surface area (Å²) in [7, 11) is 0. The Kier molecular flexibility index (Phi) is 4.46. The number of amides is 1. The number of hydrogen-bond acceptors (Lipinski definition) is 4. The Bertz CT molecular complexity index is 935. The number of piperidine rings is 1. The summed E-state index contributed by atoms with van der Waals surface area (Å²) >= 11 is 0. The third-order valence-corrected chi connectivity index (χ3v) is 5.25. The molecule has 7 heteroatoms. The van der Waals surface area contributed by atoms with Crippen molar-refractivity contribution in [2.75, 3.05) is 13.1 Å². The molecule has 3 aromatic rings. The number of H-pyrrole nitrogens is 1. The molecule has 136 valence electrons. The smallest absolute Gasteiger partial charge is 0.273 e. The highest BCUT2D eigenvalue weighted by Crippen LogP contribution is 2.22. The first-order chi connectivity index (χ1) is 12.6. The van der Waals surface area contributed by atoms with E-state index < -0.39 is 0 Å². The number of hydrogen-bond donors (Lipinski definition) is 3. The minimum atomic E-state index is -0.188. The Hall–Kier alpha value is -2.67. The minimum absolute atomic E-state index is 0.188. The Balaban J connectivity index is 1.42. The number of rotatable bonds is 4. The van der Waals surface area contributed by atoms with Gasteiger partial charge in [-0.05, 0) is 63.0 Å². The fourth-order valence-corrected chi connectivity index (χ4v) is 3.52. The molecule has 0 aliphatic carbocycles. The van der Waals surface area contributed by atoms with Crippen LogP contribution < -0.4 is 10.6 Å². The lowest BCUT2D eigenvalue weighted by molar-refractivity contribution is 0.0946. The van der Waals surface area contributed by atoms with E-state index >= 15 is 0 Å². The maximum Gasteiger partial charge on any atom is 0.273 e. The van der Waals surface area contributed by atoms with Crippen LogP contribution >= 0.6 is 0 Å². The molecule has 0 unspecified atom stereocenters. The summed E-state index contributed by atoms with van der Waals surface area (Å²) in [5.41, 5.74) is 4.99. The second-order valence-electron chi connectivity index (χ2n) is 7.00. The number of nitrogens with one attached hydrogen (secondary N) is 3. The van der Waals surface area contributed by atoms with E-state index in [1.54, 1.807) is 6.20 Å². The van der Waals surface area contributed by atoms with Crippen molar-refractivity contribution >= 4 is 16.8 Å². The van der Waals surface area contributed by atoms with Gasteiger partial charge in [0.1, 0.15) is 0 Å². The molecule has 0 saturated carbocycles. The molecule has 0 spiro atoms. The number of aromatic amines is 1. The van der Waals surface area contributed by atoms with E-state index in [2.05, 4.69) is 51.9 Å². The molecule has 26 heavy (non-hydrogen) atoms. The van der Waals surface area contributed by atoms with Gasteiger partial charge < -0.3 is 15.6 Å². The molecule has 1 aliphatic rings. The summed E-state index contributed by atoms with van der Waals surface area (Å²) < 4.78 is 1.83. The summed E-state index contributed by atoms with van der Waals surface area (Å²) in [5.74, 6) is -0.188. The average molecular weight is 352 g/mol. The van der Waals surface area contributed by atoms with Gasteiger partial charge >= 0.3 is 0 Å². The van der Waals surface area contributed by atoms with Crippen molar-refractivity contribution in [3.8, 4) is 0 Å². The van der Waals surface area contributed by atoms with Crippen LogP contribution in [-0.4, -0.2) is 39.0 Å². The highest BCUT2D eigenvalue weighted by Gasteiger charge is 2.18. The van der Waals surface area contributed by atoms with Crippen molar-refractivity contribution in [3.63, 3.8) is 0 Å². The summed E-state index contributed by atoms with van der Waals surface area (Å²) in [6, 6.07) is 6.54. The molecule has 4 rings (SSSR count). The van der Waals surface area contributed by atoms with E-state index in [0.29, 0.717) is 18.3 Å². The second kappa shape index (κ2) is 6.92. The SMILES string of the molecule is Cc1[nH]c2ccc(CNC(=O)c3cn(C4CCNCC4)nn3)cc2c1C. The van der Waals surface area contributed by atoms with Gasteiger partial charge in [0.25, 0.3) is 5.91 Å². The summed E-state index contributed by atoms with van der Waals surface area (Å²) in [6.07, 6.45) is 3.79. The average Bonchev–Trinajstić information content (AvgIpc) is 3.27. The van der Waals surface area contributed by atoms with E-state index in [9.17, 15) is 4.79 Å². The van der Waals surface area contributed by atoms with E-state index in [1.807, 2.05) is 10.7 Å². The lowest BCUT2D eigenvalue weighted by Crippen LogP contribution is -2.29. The lowest BCUT2D eigenvalue weighted by Gasteiger charge is -2.22. The van der Waals surface area contributed by atoms with Crippen LogP contribution in [0.25, 0.3) is 10.9 Å². The van der Waals surface area contributed by atoms with Crippen LogP contribution in [0.2, 0.25) is 0 Å². The number of aryl methyl sites for hydroxylation is 2. The Morgan fingerprint density at radius 3 is 2.92 bits per heavy atom. The van der Waals surface area contributed by atoms with Crippen LogP contribution in [0.1, 0.15) is 46.2 Å². The van der Waals surface area contributed by atoms with Gasteiger partial charge in [-0.3, -0.25) is 4.79 Å². The standard InChI is InChI=1S/C19H24N6O/c1-12-13(2)22-17-4-3-14(9-16(12)17)10-21-19(26)18-11-25(24-23-18)15-5-7-20-8-6-15/h3-4,9,11,15,20,22H,5-8,10H2,1-2H3,(H,21,26). The summed E-state index contributed by atoms with van der Waals surface area (Å²) in [6.45, 7) is 6.61. The molecule has 1 saturated heterocycles. The molecule has 3 N–H and O–H groups in total. The highest BCUT2D eigenvalue weighted by molar-refractivity contribution is 5.92. The van der Waals surface area contributed by atoms with Gasteiger partial charge in [-0.15, -0.1) is 5.10 Å². The van der Waals surface area contributed by atoms with Crippen molar-refractivity contribution in [1.29, 1.82) is 0 Å². The van der Waals surface area contributed by atoms with Crippen molar-refractivity contribution in [2.24, 2.45) is 0 Å². The molecule has 1 fully saturated rings. The van der Waals surface area contributed by atoms with Gasteiger partial charge in [0.2, 0.25) is 0 Å². The third-order valence-electron chi connectivity index (χ3n) is 5.25. The molecule has 2 aromatic heterocycles. The van der Waals surface area contributed by atoms with Crippen LogP contribution in [0.4, 0.5) is 0 Å². The molecular weight excluding hydrogens is 328 g/mol. The van der Waals surface area contributed by atoms with Crippen LogP contribution in [0.15, 0.2) is 24.4 Å². The van der Waals surface area contributed by atoms with Crippen molar-refractivity contribution in [2.45, 2.75) is 39.3 Å². The Morgan fingerprint density at radius 2 is 2.12 bits per heavy atom. The Morgan fingerprint density at radius 1 is 1.31 bits per heavy atom. The van der Waals surface area contributed by atoms with Crippen LogP contribution in [0.3, 0.4) is 0 Å². The first-order valence-electron chi connectivity index (χ1n) is 9.10. The molecule has 1 amide bonds. The zero-order chi connectivity index (χ0) is 18.1. The van der Waals surface area contributed by atoms with E-state index in [4.69, 9.17) is 0 Å². The fourth-order valence-electron chi connectivity index (χ4n) is 3.52. The first-order valence-corrected chi connectivity index (χ1v) is 9.10. The maximum absolute atomic E-state index is 12.4. The number of carbonyl (C=O) groups is 1. The number of fused-ring (bicyclic) bond motifs is 1. The third kappa shape index (κ3) is 3.22. The van der Waals surface area contributed by atoms with Gasteiger partial charge in [0.15, 0.2) is 5.69 Å². The van der Waals surface area contributed by atoms with Gasteiger partial charge in [-0.2, -0.15) is 0 Å². The quantitative estimate of drug-likeness (QED) is 0.672. The predicted molar refractivity (Wildman–Crippen MR) is 100 cm³/mol. The lowest BCUT2D eigenvalue weighted by atomic mass is 10.1. The molecule has 0 radical (unpaired) electrons. The largest absolute Gasteiger partial charge is 0.358 e. The first kappa shape index (κ1) is 16.8. The Labute approximate surface area is 152 Å². The summed E-state index contributed by atoms with van der Waals surface area (Å²) in [4.78, 5) is 15.8. The molecule has 3 heterocycles. The molecule has 1 aromatic carbocycles. The monoisotopic (exact) mass is 352 g/mol. The second-order valence-corrected chi connectivity index (χ2v) is 7.00. The topological polar surface area (TPSA) is 87.6 Å². The van der Waals surface area contributed by atoms with Gasteiger partial charge in [0.05, 0.1) is 12.2 Å². The van der Waals surface area contributed by atoms with Crippen molar-refractivity contribution in [3.05, 3.63) is 46.9 Å². The van der Waals surface area contributed by atoms with E-state index in [1.165, 1.54) is 16.6 Å². The van der Waals surface area contributed by atoms with E-state index in [0.717, 1.165) is 37.0 Å². The van der Waals surface area contributed by atoms with Crippen LogP contribution in [0.5, 0.6) is 0 Å². The van der Waals surface area contributed by atoms with E-state index in [-0.39, 0.29) is 5.91 Å². The normalized spacial score (nSPS) is 15.5. The van der Waals surface area contributed by atoms with Gasteiger partial charge in [-0.1, -0.05) is 11.3 Å². The molecular formula is C19H24N6O. The van der Waals surface area contributed by atoms with Gasteiger partial charge in [-0.25, -0.2) is 4.68 Å². The van der Waals surface area contributed by atoms with Crippen molar-refractivity contribution < 1.29 is 4.79 Å². The fraction of sp³-hybridized carbons (Fsp3) is 0.421. The van der Waals surface area contributed by atoms with Crippen LogP contribution in [0, 0.1) is 13.8 Å². The number of aromatic nitrogens is 4. The number of carbonyl (C=O) groups excluding carboxylic acids is 1. The molecule has 7 nitrogen and oxygen atoms in total. The van der Waals surface area contributed by atoms with Crippen molar-refractivity contribution in [1.82, 2.24) is 30.6 Å². The number of benzene rings is 1. The van der Waals surface area contributed by atoms with Crippen LogP contribution in [-0.2, 0) is 6.54 Å².